The van der Waals surface area contributed by atoms with Gasteiger partial charge in [0, 0.05) is 0 Å². The Bertz CT molecular complexity index is 994. The van der Waals surface area contributed by atoms with Gasteiger partial charge in [-0.25, -0.2) is 9.79 Å². The van der Waals surface area contributed by atoms with Crippen molar-refractivity contribution in [3.05, 3.63) is 76.7 Å². The van der Waals surface area contributed by atoms with Gasteiger partial charge in [0.15, 0.2) is 5.17 Å². The first-order valence-corrected chi connectivity index (χ1v) is 9.25. The monoisotopic (exact) mass is 394 g/mol. The van der Waals surface area contributed by atoms with Gasteiger partial charge >= 0.3 is 5.97 Å². The Morgan fingerprint density at radius 3 is 2.71 bits per heavy atom. The van der Waals surface area contributed by atoms with Gasteiger partial charge < -0.3 is 15.2 Å². The normalized spacial score (nSPS) is 16.2. The van der Waals surface area contributed by atoms with E-state index >= 15 is 0 Å². The summed E-state index contributed by atoms with van der Waals surface area (Å²) in [6.07, 6.45) is 3.43. The number of benzene rings is 2. The summed E-state index contributed by atoms with van der Waals surface area (Å²) in [4.78, 5) is 28.3. The summed E-state index contributed by atoms with van der Waals surface area (Å²) in [5.74, 6) is -0.546. The predicted molar refractivity (Wildman–Crippen MR) is 111 cm³/mol. The van der Waals surface area contributed by atoms with Gasteiger partial charge in [0.2, 0.25) is 0 Å². The SMILES string of the molecule is C=CCOc1ccc(/C=C2\SC(=Nc3cc(C(=O)O)ccc3C)NC2=O)cc1. The molecule has 2 N–H and O–H groups in total. The van der Waals surface area contributed by atoms with Crippen molar-refractivity contribution in [3.63, 3.8) is 0 Å². The van der Waals surface area contributed by atoms with E-state index in [0.29, 0.717) is 22.4 Å². The Morgan fingerprint density at radius 1 is 1.29 bits per heavy atom. The summed E-state index contributed by atoms with van der Waals surface area (Å²) in [5, 5.41) is 12.3. The van der Waals surface area contributed by atoms with E-state index in [-0.39, 0.29) is 11.5 Å². The molecule has 0 spiro atoms. The lowest BCUT2D eigenvalue weighted by atomic mass is 10.1. The van der Waals surface area contributed by atoms with Crippen molar-refractivity contribution in [2.45, 2.75) is 6.92 Å². The maximum atomic E-state index is 12.2. The maximum Gasteiger partial charge on any atom is 0.335 e. The number of aromatic carboxylic acids is 1. The van der Waals surface area contributed by atoms with Crippen LogP contribution in [-0.2, 0) is 4.79 Å². The number of ether oxygens (including phenoxy) is 1. The second kappa shape index (κ2) is 8.58. The van der Waals surface area contributed by atoms with Crippen molar-refractivity contribution >= 4 is 40.6 Å². The topological polar surface area (TPSA) is 88.0 Å². The van der Waals surface area contributed by atoms with E-state index in [9.17, 15) is 9.59 Å². The molecule has 0 radical (unpaired) electrons. The molecule has 1 heterocycles. The number of rotatable bonds is 6. The molecule has 0 bridgehead atoms. The first kappa shape index (κ1) is 19.4. The zero-order valence-electron chi connectivity index (χ0n) is 15.1. The number of carbonyl (C=O) groups is 2. The lowest BCUT2D eigenvalue weighted by molar-refractivity contribution is -0.115. The van der Waals surface area contributed by atoms with E-state index in [1.54, 1.807) is 18.2 Å². The highest BCUT2D eigenvalue weighted by atomic mass is 32.2. The molecule has 1 fully saturated rings. The third-order valence-electron chi connectivity index (χ3n) is 3.87. The quantitative estimate of drug-likeness (QED) is 0.568. The zero-order valence-corrected chi connectivity index (χ0v) is 16.0. The van der Waals surface area contributed by atoms with Crippen molar-refractivity contribution in [1.29, 1.82) is 0 Å². The van der Waals surface area contributed by atoms with Crippen LogP contribution in [0.25, 0.3) is 6.08 Å². The van der Waals surface area contributed by atoms with Gasteiger partial charge in [0.25, 0.3) is 5.91 Å². The van der Waals surface area contributed by atoms with E-state index in [0.717, 1.165) is 16.9 Å². The molecule has 6 nitrogen and oxygen atoms in total. The minimum Gasteiger partial charge on any atom is -0.490 e. The first-order valence-electron chi connectivity index (χ1n) is 8.43. The standard InChI is InChI=1S/C21H18N2O4S/c1-3-10-27-16-8-5-14(6-9-16)11-18-19(24)23-21(28-18)22-17-12-15(20(25)26)7-4-13(17)2/h3-9,11-12H,1,10H2,2H3,(H,25,26)(H,22,23,24)/b18-11-. The van der Waals surface area contributed by atoms with Crippen molar-refractivity contribution in [3.8, 4) is 5.75 Å². The van der Waals surface area contributed by atoms with Crippen LogP contribution in [-0.4, -0.2) is 28.8 Å². The number of nitrogens with one attached hydrogen (secondary N) is 1. The van der Waals surface area contributed by atoms with Crippen molar-refractivity contribution in [2.75, 3.05) is 6.61 Å². The number of thioether (sulfide) groups is 1. The van der Waals surface area contributed by atoms with Crippen LogP contribution in [0.1, 0.15) is 21.5 Å². The summed E-state index contributed by atoms with van der Waals surface area (Å²) >= 11 is 1.21. The van der Waals surface area contributed by atoms with Gasteiger partial charge in [-0.05, 0) is 60.2 Å². The number of amides is 1. The Balaban J connectivity index is 1.79. The van der Waals surface area contributed by atoms with E-state index in [1.807, 2.05) is 31.2 Å². The summed E-state index contributed by atoms with van der Waals surface area (Å²) in [7, 11) is 0. The lowest BCUT2D eigenvalue weighted by Crippen LogP contribution is -2.19. The lowest BCUT2D eigenvalue weighted by Gasteiger charge is -2.03. The maximum absolute atomic E-state index is 12.2. The molecule has 1 amide bonds. The van der Waals surface area contributed by atoms with Crippen LogP contribution in [0.3, 0.4) is 0 Å². The van der Waals surface area contributed by atoms with Gasteiger partial charge in [-0.15, -0.1) is 0 Å². The van der Waals surface area contributed by atoms with Gasteiger partial charge in [-0.2, -0.15) is 0 Å². The van der Waals surface area contributed by atoms with Crippen molar-refractivity contribution in [2.24, 2.45) is 4.99 Å². The molecule has 2 aromatic carbocycles. The van der Waals surface area contributed by atoms with Crippen LogP contribution in [0, 0.1) is 6.92 Å². The molecule has 3 rings (SSSR count). The number of hydrogen-bond donors (Lipinski definition) is 2. The molecule has 2 aromatic rings. The zero-order chi connectivity index (χ0) is 20.1. The average Bonchev–Trinajstić information content (AvgIpc) is 3.01. The number of nitrogens with zero attached hydrogens (tertiary/aromatic N) is 1. The predicted octanol–water partition coefficient (Wildman–Crippen LogP) is 4.15. The molecule has 0 atom stereocenters. The third-order valence-corrected chi connectivity index (χ3v) is 4.78. The minimum atomic E-state index is -1.02. The number of amidine groups is 1. The van der Waals surface area contributed by atoms with E-state index in [4.69, 9.17) is 9.84 Å². The van der Waals surface area contributed by atoms with Crippen LogP contribution in [0.5, 0.6) is 5.75 Å². The third kappa shape index (κ3) is 4.69. The number of hydrogen-bond acceptors (Lipinski definition) is 5. The van der Waals surface area contributed by atoms with Crippen LogP contribution < -0.4 is 10.1 Å². The molecular formula is C21H18N2O4S. The van der Waals surface area contributed by atoms with Gasteiger partial charge in [0.05, 0.1) is 16.2 Å². The molecule has 0 aliphatic carbocycles. The second-order valence-corrected chi connectivity index (χ2v) is 6.99. The van der Waals surface area contributed by atoms with Gasteiger partial charge in [-0.3, -0.25) is 4.79 Å². The van der Waals surface area contributed by atoms with E-state index in [1.165, 1.54) is 23.9 Å². The smallest absolute Gasteiger partial charge is 0.335 e. The molecule has 0 aromatic heterocycles. The molecule has 1 aliphatic heterocycles. The Morgan fingerprint density at radius 2 is 2.04 bits per heavy atom. The number of aliphatic imine (C=N–C) groups is 1. The molecule has 0 saturated carbocycles. The molecule has 1 aliphatic rings. The molecule has 142 valence electrons. The summed E-state index contributed by atoms with van der Waals surface area (Å²) < 4.78 is 5.44. The Hall–Kier alpha value is -3.32. The summed E-state index contributed by atoms with van der Waals surface area (Å²) in [6, 6.07) is 12.1. The van der Waals surface area contributed by atoms with Gasteiger partial charge in [-0.1, -0.05) is 30.9 Å². The molecule has 28 heavy (non-hydrogen) atoms. The molecule has 0 unspecified atom stereocenters. The summed E-state index contributed by atoms with van der Waals surface area (Å²) in [5.41, 5.74) is 2.33. The van der Waals surface area contributed by atoms with Crippen LogP contribution in [0.4, 0.5) is 5.69 Å². The van der Waals surface area contributed by atoms with E-state index < -0.39 is 5.97 Å². The largest absolute Gasteiger partial charge is 0.490 e. The first-order chi connectivity index (χ1) is 13.5. The average molecular weight is 394 g/mol. The fraction of sp³-hybridized carbons (Fsp3) is 0.0952. The van der Waals surface area contributed by atoms with Gasteiger partial charge in [0.1, 0.15) is 12.4 Å². The van der Waals surface area contributed by atoms with Crippen molar-refractivity contribution < 1.29 is 19.4 Å². The summed E-state index contributed by atoms with van der Waals surface area (Å²) in [6.45, 7) is 5.87. The fourth-order valence-corrected chi connectivity index (χ4v) is 3.25. The molecular weight excluding hydrogens is 376 g/mol. The fourth-order valence-electron chi connectivity index (χ4n) is 2.42. The van der Waals surface area contributed by atoms with Crippen molar-refractivity contribution in [1.82, 2.24) is 5.32 Å². The number of carboxylic acid groups (broad SMARTS) is 1. The van der Waals surface area contributed by atoms with Crippen LogP contribution in [0.15, 0.2) is 65.0 Å². The van der Waals surface area contributed by atoms with Crippen LogP contribution >= 0.6 is 11.8 Å². The number of aryl methyl sites for hydroxylation is 1. The number of carbonyl (C=O) groups excluding carboxylic acids is 1. The van der Waals surface area contributed by atoms with Crippen LogP contribution in [0.2, 0.25) is 0 Å². The minimum absolute atomic E-state index is 0.147. The highest BCUT2D eigenvalue weighted by Gasteiger charge is 2.24. The number of carboxylic acids is 1. The highest BCUT2D eigenvalue weighted by molar-refractivity contribution is 8.18. The molecule has 7 heteroatoms. The molecule has 1 saturated heterocycles. The Labute approximate surface area is 166 Å². The Kier molecular flexibility index (Phi) is 5.96. The van der Waals surface area contributed by atoms with E-state index in [2.05, 4.69) is 16.9 Å². The second-order valence-electron chi connectivity index (χ2n) is 5.96. The highest BCUT2D eigenvalue weighted by Crippen LogP contribution is 2.30.